The van der Waals surface area contributed by atoms with E-state index in [1.165, 1.54) is 5.70 Å². The van der Waals surface area contributed by atoms with Gasteiger partial charge in [0.1, 0.15) is 0 Å². The highest BCUT2D eigenvalue weighted by Crippen LogP contribution is 2.31. The minimum atomic E-state index is -0.637. The van der Waals surface area contributed by atoms with Gasteiger partial charge in [0, 0.05) is 31.9 Å². The van der Waals surface area contributed by atoms with Crippen LogP contribution in [0.4, 0.5) is 0 Å². The van der Waals surface area contributed by atoms with Crippen LogP contribution in [-0.4, -0.2) is 42.9 Å². The summed E-state index contributed by atoms with van der Waals surface area (Å²) < 4.78 is 0. The third-order valence-electron chi connectivity index (χ3n) is 3.56. The molecule has 1 fully saturated rings. The third-order valence-corrected chi connectivity index (χ3v) is 3.56. The van der Waals surface area contributed by atoms with Crippen molar-refractivity contribution in [2.24, 2.45) is 21.9 Å². The number of piperazine rings is 1. The maximum absolute atomic E-state index is 12.0. The summed E-state index contributed by atoms with van der Waals surface area (Å²) in [4.78, 5) is 17.9. The van der Waals surface area contributed by atoms with Crippen molar-refractivity contribution in [3.63, 3.8) is 0 Å². The minimum absolute atomic E-state index is 0.184. The monoisotopic (exact) mass is 263 g/mol. The lowest BCUT2D eigenvalue weighted by atomic mass is 9.82. The molecule has 6 heteroatoms. The van der Waals surface area contributed by atoms with Crippen LogP contribution < -0.4 is 16.8 Å². The van der Waals surface area contributed by atoms with Crippen molar-refractivity contribution in [2.45, 2.75) is 13.3 Å². The summed E-state index contributed by atoms with van der Waals surface area (Å²) >= 11 is 0. The average molecular weight is 263 g/mol. The number of allylic oxidation sites excluding steroid dienone is 2. The molecule has 0 bridgehead atoms. The van der Waals surface area contributed by atoms with Crippen molar-refractivity contribution in [3.8, 4) is 0 Å². The van der Waals surface area contributed by atoms with E-state index in [1.54, 1.807) is 0 Å². The number of nitrogens with zero attached hydrogens (tertiary/aromatic N) is 2. The molecule has 104 valence electrons. The molecule has 1 aliphatic carbocycles. The van der Waals surface area contributed by atoms with Gasteiger partial charge < -0.3 is 21.7 Å². The van der Waals surface area contributed by atoms with Crippen molar-refractivity contribution in [3.05, 3.63) is 23.9 Å². The Morgan fingerprint density at radius 1 is 1.42 bits per heavy atom. The Kier molecular flexibility index (Phi) is 3.90. The number of hydrogen-bond acceptors (Lipinski definition) is 3. The van der Waals surface area contributed by atoms with Crippen LogP contribution in [-0.2, 0) is 4.79 Å². The molecule has 0 aromatic carbocycles. The molecule has 0 aromatic heterocycles. The van der Waals surface area contributed by atoms with E-state index >= 15 is 0 Å². The molecule has 2 rings (SSSR count). The highest BCUT2D eigenvalue weighted by molar-refractivity contribution is 5.95. The number of carbonyl (C=O) groups is 1. The summed E-state index contributed by atoms with van der Waals surface area (Å²) in [5.41, 5.74) is 11.1. The first-order chi connectivity index (χ1) is 9.01. The standard InChI is InChI=1S/C13H21N5O/c1-13(11(19)17-12(14)15)4-2-10(3-5-13)18-8-6-16-7-9-18/h2-4,16H,5-9H2,1H3,(H4,14,15,17,19). The summed E-state index contributed by atoms with van der Waals surface area (Å²) in [5, 5.41) is 3.32. The Labute approximate surface area is 113 Å². The lowest BCUT2D eigenvalue weighted by Crippen LogP contribution is -2.43. The van der Waals surface area contributed by atoms with E-state index < -0.39 is 5.41 Å². The molecule has 1 unspecified atom stereocenters. The molecule has 1 saturated heterocycles. The zero-order chi connectivity index (χ0) is 13.9. The molecule has 2 aliphatic rings. The Hall–Kier alpha value is -1.82. The van der Waals surface area contributed by atoms with E-state index in [9.17, 15) is 4.79 Å². The topological polar surface area (TPSA) is 96.7 Å². The molecule has 1 aliphatic heterocycles. The molecule has 1 atom stereocenters. The van der Waals surface area contributed by atoms with Crippen LogP contribution in [0.1, 0.15) is 13.3 Å². The van der Waals surface area contributed by atoms with Crippen molar-refractivity contribution in [2.75, 3.05) is 26.2 Å². The van der Waals surface area contributed by atoms with Gasteiger partial charge in [-0.1, -0.05) is 12.2 Å². The van der Waals surface area contributed by atoms with Crippen LogP contribution >= 0.6 is 0 Å². The number of nitrogens with two attached hydrogens (primary N) is 2. The fourth-order valence-electron chi connectivity index (χ4n) is 2.28. The lowest BCUT2D eigenvalue weighted by Gasteiger charge is -2.33. The second-order valence-electron chi connectivity index (χ2n) is 5.16. The largest absolute Gasteiger partial charge is 0.370 e. The molecule has 1 heterocycles. The SMILES string of the molecule is CC1(C(=O)N=C(N)N)C=CC(N2CCNCC2)=CC1. The Morgan fingerprint density at radius 2 is 2.11 bits per heavy atom. The molecule has 19 heavy (non-hydrogen) atoms. The van der Waals surface area contributed by atoms with Gasteiger partial charge in [0.05, 0.1) is 5.41 Å². The predicted octanol–water partition coefficient (Wildman–Crippen LogP) is -0.458. The number of guanidine groups is 1. The van der Waals surface area contributed by atoms with Crippen LogP contribution in [0.5, 0.6) is 0 Å². The first-order valence-electron chi connectivity index (χ1n) is 6.50. The van der Waals surface area contributed by atoms with E-state index in [0.717, 1.165) is 26.2 Å². The second kappa shape index (κ2) is 5.44. The summed E-state index contributed by atoms with van der Waals surface area (Å²) in [6, 6.07) is 0. The van der Waals surface area contributed by atoms with E-state index in [-0.39, 0.29) is 11.9 Å². The molecule has 6 nitrogen and oxygen atoms in total. The Balaban J connectivity index is 2.04. The third kappa shape index (κ3) is 3.14. The first-order valence-corrected chi connectivity index (χ1v) is 6.50. The van der Waals surface area contributed by atoms with Crippen LogP contribution in [0.3, 0.4) is 0 Å². The number of carbonyl (C=O) groups excluding carboxylic acids is 1. The molecular formula is C13H21N5O. The van der Waals surface area contributed by atoms with Gasteiger partial charge in [-0.3, -0.25) is 4.79 Å². The Bertz CT molecular complexity index is 444. The zero-order valence-corrected chi connectivity index (χ0v) is 11.2. The van der Waals surface area contributed by atoms with Crippen LogP contribution in [0.2, 0.25) is 0 Å². The van der Waals surface area contributed by atoms with Gasteiger partial charge >= 0.3 is 0 Å². The predicted molar refractivity (Wildman–Crippen MR) is 75.2 cm³/mol. The molecule has 5 N–H and O–H groups in total. The van der Waals surface area contributed by atoms with Gasteiger partial charge in [0.15, 0.2) is 5.96 Å². The first kappa shape index (κ1) is 13.6. The molecule has 0 saturated carbocycles. The van der Waals surface area contributed by atoms with Crippen molar-refractivity contribution in [1.82, 2.24) is 10.2 Å². The maximum atomic E-state index is 12.0. The van der Waals surface area contributed by atoms with Gasteiger partial charge in [-0.2, -0.15) is 4.99 Å². The average Bonchev–Trinajstić information content (AvgIpc) is 2.40. The highest BCUT2D eigenvalue weighted by atomic mass is 16.1. The van der Waals surface area contributed by atoms with Crippen molar-refractivity contribution >= 4 is 11.9 Å². The molecule has 1 amide bonds. The van der Waals surface area contributed by atoms with Crippen molar-refractivity contribution < 1.29 is 4.79 Å². The van der Waals surface area contributed by atoms with E-state index in [0.29, 0.717) is 6.42 Å². The molecule has 0 radical (unpaired) electrons. The highest BCUT2D eigenvalue weighted by Gasteiger charge is 2.32. The van der Waals surface area contributed by atoms with Gasteiger partial charge in [0.2, 0.25) is 0 Å². The van der Waals surface area contributed by atoms with E-state index in [2.05, 4.69) is 21.3 Å². The zero-order valence-electron chi connectivity index (χ0n) is 11.2. The quantitative estimate of drug-likeness (QED) is 0.463. The summed E-state index contributed by atoms with van der Waals surface area (Å²) in [6.07, 6.45) is 6.61. The van der Waals surface area contributed by atoms with Crippen LogP contribution in [0.25, 0.3) is 0 Å². The number of amides is 1. The summed E-state index contributed by atoms with van der Waals surface area (Å²) in [6.45, 7) is 5.83. The van der Waals surface area contributed by atoms with Gasteiger partial charge in [-0.25, -0.2) is 0 Å². The summed E-state index contributed by atoms with van der Waals surface area (Å²) in [7, 11) is 0. The maximum Gasteiger partial charge on any atom is 0.258 e. The Morgan fingerprint density at radius 3 is 2.63 bits per heavy atom. The smallest absolute Gasteiger partial charge is 0.258 e. The summed E-state index contributed by atoms with van der Waals surface area (Å²) in [5.74, 6) is -0.476. The number of nitrogens with one attached hydrogen (secondary N) is 1. The number of rotatable bonds is 2. The van der Waals surface area contributed by atoms with E-state index in [1.807, 2.05) is 19.1 Å². The second-order valence-corrected chi connectivity index (χ2v) is 5.16. The number of hydrogen-bond donors (Lipinski definition) is 3. The molecule has 0 spiro atoms. The van der Waals surface area contributed by atoms with E-state index in [4.69, 9.17) is 11.5 Å². The fourth-order valence-corrected chi connectivity index (χ4v) is 2.28. The molecule has 0 aromatic rings. The minimum Gasteiger partial charge on any atom is -0.370 e. The van der Waals surface area contributed by atoms with Crippen LogP contribution in [0.15, 0.2) is 28.9 Å². The number of aliphatic imine (C=N–C) groups is 1. The molecular weight excluding hydrogens is 242 g/mol. The fraction of sp³-hybridized carbons (Fsp3) is 0.538. The normalized spacial score (nSPS) is 26.8. The lowest BCUT2D eigenvalue weighted by molar-refractivity contribution is -0.124. The van der Waals surface area contributed by atoms with Gasteiger partial charge in [-0.15, -0.1) is 0 Å². The van der Waals surface area contributed by atoms with Crippen molar-refractivity contribution in [1.29, 1.82) is 0 Å². The van der Waals surface area contributed by atoms with Gasteiger partial charge in [0.25, 0.3) is 5.91 Å². The van der Waals surface area contributed by atoms with Crippen LogP contribution in [0, 0.1) is 5.41 Å². The van der Waals surface area contributed by atoms with Gasteiger partial charge in [-0.05, 0) is 19.4 Å².